The second-order valence-corrected chi connectivity index (χ2v) is 3.77. The fourth-order valence-corrected chi connectivity index (χ4v) is 1.94. The van der Waals surface area contributed by atoms with Gasteiger partial charge in [0, 0.05) is 11.6 Å². The van der Waals surface area contributed by atoms with E-state index in [0.717, 1.165) is 16.6 Å². The zero-order valence-electron chi connectivity index (χ0n) is 9.01. The van der Waals surface area contributed by atoms with E-state index in [9.17, 15) is 0 Å². The lowest BCUT2D eigenvalue weighted by atomic mass is 10.1. The number of pyridine rings is 1. The van der Waals surface area contributed by atoms with E-state index in [-0.39, 0.29) is 0 Å². The van der Waals surface area contributed by atoms with Gasteiger partial charge in [-0.1, -0.05) is 18.2 Å². The van der Waals surface area contributed by atoms with E-state index in [1.807, 2.05) is 30.3 Å². The van der Waals surface area contributed by atoms with Gasteiger partial charge in [0.05, 0.1) is 22.5 Å². The minimum absolute atomic E-state index is 0.408. The smallest absolute Gasteiger partial charge is 0.135 e. The molecule has 3 aromatic rings. The van der Waals surface area contributed by atoms with Crippen LogP contribution in [-0.4, -0.2) is 15.2 Å². The Balaban J connectivity index is 2.39. The summed E-state index contributed by atoms with van der Waals surface area (Å²) < 4.78 is 0. The summed E-state index contributed by atoms with van der Waals surface area (Å²) in [6, 6.07) is 9.46. The Kier molecular flexibility index (Phi) is 1.98. The van der Waals surface area contributed by atoms with E-state index in [2.05, 4.69) is 15.2 Å². The molecule has 0 fully saturated rings. The molecule has 0 spiro atoms. The van der Waals surface area contributed by atoms with Gasteiger partial charge in [-0.2, -0.15) is 5.10 Å². The molecule has 2 aromatic heterocycles. The third-order valence-corrected chi connectivity index (χ3v) is 2.73. The number of para-hydroxylation sites is 1. The fourth-order valence-electron chi connectivity index (χ4n) is 1.94. The van der Waals surface area contributed by atoms with Crippen molar-refractivity contribution in [1.82, 2.24) is 15.2 Å². The monoisotopic (exact) mass is 225 g/mol. The molecule has 84 valence electrons. The average Bonchev–Trinajstić information content (AvgIpc) is 2.83. The Labute approximate surface area is 97.5 Å². The van der Waals surface area contributed by atoms with Crippen molar-refractivity contribution in [2.24, 2.45) is 0 Å². The lowest BCUT2D eigenvalue weighted by Crippen LogP contribution is -2.01. The van der Waals surface area contributed by atoms with Crippen LogP contribution in [0.3, 0.4) is 0 Å². The van der Waals surface area contributed by atoms with Crippen LogP contribution in [-0.2, 0) is 0 Å². The minimum atomic E-state index is 0.408. The summed E-state index contributed by atoms with van der Waals surface area (Å²) in [4.78, 5) is 4.34. The number of nitrogens with zero attached hydrogens (tertiary/aromatic N) is 2. The van der Waals surface area contributed by atoms with Crippen molar-refractivity contribution in [3.05, 3.63) is 36.5 Å². The standard InChI is InChI=1S/C12H11N5/c13-11-7-3-1-2-4-8(7)16-12(14)10(11)9-5-6-15-17-9/h1-6H,(H,15,17)(H4,13,14,16). The molecule has 0 aliphatic heterocycles. The average molecular weight is 225 g/mol. The molecule has 0 saturated carbocycles. The summed E-state index contributed by atoms with van der Waals surface area (Å²) in [6.07, 6.45) is 1.66. The first-order valence-corrected chi connectivity index (χ1v) is 5.21. The van der Waals surface area contributed by atoms with Crippen molar-refractivity contribution in [3.8, 4) is 11.3 Å². The Hall–Kier alpha value is -2.56. The van der Waals surface area contributed by atoms with Gasteiger partial charge in [-0.15, -0.1) is 0 Å². The zero-order valence-corrected chi connectivity index (χ0v) is 9.01. The Morgan fingerprint density at radius 2 is 1.88 bits per heavy atom. The highest BCUT2D eigenvalue weighted by atomic mass is 15.1. The molecular formula is C12H11N5. The van der Waals surface area contributed by atoms with Crippen LogP contribution in [0, 0.1) is 0 Å². The van der Waals surface area contributed by atoms with Crippen molar-refractivity contribution in [2.75, 3.05) is 11.5 Å². The summed E-state index contributed by atoms with van der Waals surface area (Å²) in [5, 5.41) is 7.64. The maximum atomic E-state index is 6.14. The molecule has 0 aliphatic carbocycles. The number of nitrogens with two attached hydrogens (primary N) is 2. The van der Waals surface area contributed by atoms with Gasteiger partial charge in [-0.3, -0.25) is 5.10 Å². The molecule has 0 radical (unpaired) electrons. The van der Waals surface area contributed by atoms with E-state index in [4.69, 9.17) is 11.5 Å². The fraction of sp³-hybridized carbons (Fsp3) is 0. The molecular weight excluding hydrogens is 214 g/mol. The van der Waals surface area contributed by atoms with Crippen LogP contribution in [0.2, 0.25) is 0 Å². The number of benzene rings is 1. The first-order valence-electron chi connectivity index (χ1n) is 5.21. The molecule has 2 heterocycles. The Morgan fingerprint density at radius 3 is 2.65 bits per heavy atom. The van der Waals surface area contributed by atoms with E-state index < -0.39 is 0 Å². The summed E-state index contributed by atoms with van der Waals surface area (Å²) in [5.74, 6) is 0.408. The topological polar surface area (TPSA) is 93.6 Å². The lowest BCUT2D eigenvalue weighted by molar-refractivity contribution is 1.09. The van der Waals surface area contributed by atoms with Gasteiger partial charge in [-0.05, 0) is 12.1 Å². The highest BCUT2D eigenvalue weighted by Gasteiger charge is 2.13. The number of rotatable bonds is 1. The van der Waals surface area contributed by atoms with Crippen molar-refractivity contribution in [1.29, 1.82) is 0 Å². The van der Waals surface area contributed by atoms with Gasteiger partial charge in [0.2, 0.25) is 0 Å². The van der Waals surface area contributed by atoms with Crippen LogP contribution >= 0.6 is 0 Å². The van der Waals surface area contributed by atoms with Crippen LogP contribution < -0.4 is 11.5 Å². The third kappa shape index (κ3) is 1.40. The van der Waals surface area contributed by atoms with Crippen molar-refractivity contribution < 1.29 is 0 Å². The third-order valence-electron chi connectivity index (χ3n) is 2.73. The highest BCUT2D eigenvalue weighted by Crippen LogP contribution is 2.34. The molecule has 5 N–H and O–H groups in total. The number of aromatic amines is 1. The number of hydrogen-bond acceptors (Lipinski definition) is 4. The lowest BCUT2D eigenvalue weighted by Gasteiger charge is -2.09. The number of H-pyrrole nitrogens is 1. The van der Waals surface area contributed by atoms with Gasteiger partial charge >= 0.3 is 0 Å². The molecule has 3 rings (SSSR count). The SMILES string of the molecule is Nc1nc2ccccc2c(N)c1-c1ccn[nH]1. The van der Waals surface area contributed by atoms with Crippen molar-refractivity contribution in [3.63, 3.8) is 0 Å². The predicted octanol–water partition coefficient (Wildman–Crippen LogP) is 1.79. The van der Waals surface area contributed by atoms with Crippen LogP contribution in [0.4, 0.5) is 11.5 Å². The molecule has 17 heavy (non-hydrogen) atoms. The van der Waals surface area contributed by atoms with Gasteiger partial charge in [0.25, 0.3) is 0 Å². The molecule has 0 aliphatic rings. The minimum Gasteiger partial charge on any atom is -0.398 e. The molecule has 5 nitrogen and oxygen atoms in total. The number of fused-ring (bicyclic) bond motifs is 1. The largest absolute Gasteiger partial charge is 0.398 e. The maximum absolute atomic E-state index is 6.14. The van der Waals surface area contributed by atoms with Gasteiger partial charge in [0.1, 0.15) is 5.82 Å². The second kappa shape index (κ2) is 3.48. The van der Waals surface area contributed by atoms with E-state index >= 15 is 0 Å². The van der Waals surface area contributed by atoms with Crippen LogP contribution in [0.25, 0.3) is 22.2 Å². The second-order valence-electron chi connectivity index (χ2n) is 3.77. The summed E-state index contributed by atoms with van der Waals surface area (Å²) in [6.45, 7) is 0. The number of nitrogens with one attached hydrogen (secondary N) is 1. The zero-order chi connectivity index (χ0) is 11.8. The number of aromatic nitrogens is 3. The number of anilines is 2. The first-order chi connectivity index (χ1) is 8.27. The first kappa shape index (κ1) is 9.65. The molecule has 1 aromatic carbocycles. The van der Waals surface area contributed by atoms with E-state index in [1.54, 1.807) is 6.20 Å². The molecule has 0 atom stereocenters. The molecule has 5 heteroatoms. The Morgan fingerprint density at radius 1 is 1.06 bits per heavy atom. The van der Waals surface area contributed by atoms with Gasteiger partial charge < -0.3 is 11.5 Å². The van der Waals surface area contributed by atoms with Crippen LogP contribution in [0.1, 0.15) is 0 Å². The predicted molar refractivity (Wildman–Crippen MR) is 68.1 cm³/mol. The maximum Gasteiger partial charge on any atom is 0.135 e. The quantitative estimate of drug-likeness (QED) is 0.588. The van der Waals surface area contributed by atoms with Crippen LogP contribution in [0.15, 0.2) is 36.5 Å². The highest BCUT2D eigenvalue weighted by molar-refractivity contribution is 6.01. The van der Waals surface area contributed by atoms with E-state index in [1.165, 1.54) is 0 Å². The molecule has 0 unspecified atom stereocenters. The normalized spacial score (nSPS) is 10.8. The van der Waals surface area contributed by atoms with Gasteiger partial charge in [-0.25, -0.2) is 4.98 Å². The molecule has 0 bridgehead atoms. The van der Waals surface area contributed by atoms with E-state index in [0.29, 0.717) is 17.1 Å². The molecule has 0 amide bonds. The summed E-state index contributed by atoms with van der Waals surface area (Å²) in [5.41, 5.74) is 15.0. The summed E-state index contributed by atoms with van der Waals surface area (Å²) >= 11 is 0. The van der Waals surface area contributed by atoms with Crippen LogP contribution in [0.5, 0.6) is 0 Å². The molecule has 0 saturated heterocycles. The number of nitrogen functional groups attached to an aromatic ring is 2. The van der Waals surface area contributed by atoms with Crippen molar-refractivity contribution >= 4 is 22.4 Å². The number of hydrogen-bond donors (Lipinski definition) is 3. The Bertz CT molecular complexity index is 673. The van der Waals surface area contributed by atoms with Gasteiger partial charge in [0.15, 0.2) is 0 Å². The summed E-state index contributed by atoms with van der Waals surface area (Å²) in [7, 11) is 0. The van der Waals surface area contributed by atoms with Crippen molar-refractivity contribution in [2.45, 2.75) is 0 Å².